The Kier molecular flexibility index (Phi) is 3.38. The molecule has 110 valence electrons. The first kappa shape index (κ1) is 14.6. The zero-order chi connectivity index (χ0) is 15.1. The first-order chi connectivity index (χ1) is 9.28. The number of rotatable bonds is 3. The molecule has 0 radical (unpaired) electrons. The zero-order valence-corrected chi connectivity index (χ0v) is 10.2. The van der Waals surface area contributed by atoms with Gasteiger partial charge in [-0.2, -0.15) is 0 Å². The fraction of sp³-hybridized carbons (Fsp3) is 0.455. The van der Waals surface area contributed by atoms with E-state index in [1.807, 2.05) is 4.98 Å². The Hall–Kier alpha value is -1.81. The van der Waals surface area contributed by atoms with Crippen molar-refractivity contribution in [3.05, 3.63) is 45.8 Å². The molecule has 4 unspecified atom stereocenters. The van der Waals surface area contributed by atoms with Gasteiger partial charge in [-0.25, -0.2) is 9.18 Å². The van der Waals surface area contributed by atoms with Gasteiger partial charge in [-0.1, -0.05) is 12.7 Å². The van der Waals surface area contributed by atoms with Crippen molar-refractivity contribution in [2.45, 2.75) is 23.8 Å². The molecule has 1 aliphatic heterocycles. The fourth-order valence-electron chi connectivity index (χ4n) is 2.05. The summed E-state index contributed by atoms with van der Waals surface area (Å²) in [7, 11) is 0. The van der Waals surface area contributed by atoms with E-state index in [1.54, 1.807) is 0 Å². The summed E-state index contributed by atoms with van der Waals surface area (Å²) in [5.74, 6) is -2.97. The molecule has 0 amide bonds. The Morgan fingerprint density at radius 2 is 2.25 bits per heavy atom. The van der Waals surface area contributed by atoms with Gasteiger partial charge in [0.05, 0.1) is 0 Å². The van der Waals surface area contributed by atoms with E-state index in [1.165, 1.54) is 0 Å². The lowest BCUT2D eigenvalue weighted by molar-refractivity contribution is -0.207. The average Bonchev–Trinajstić information content (AvgIpc) is 2.62. The van der Waals surface area contributed by atoms with Gasteiger partial charge in [0.2, 0.25) is 0 Å². The van der Waals surface area contributed by atoms with Gasteiger partial charge >= 0.3 is 5.69 Å². The molecular formula is C11H13FN2O6. The van der Waals surface area contributed by atoms with Crippen LogP contribution in [-0.4, -0.2) is 49.0 Å². The fourth-order valence-corrected chi connectivity index (χ4v) is 2.05. The maximum Gasteiger partial charge on any atom is 0.330 e. The Bertz CT molecular complexity index is 642. The van der Waals surface area contributed by atoms with E-state index in [2.05, 4.69) is 6.58 Å². The summed E-state index contributed by atoms with van der Waals surface area (Å²) >= 11 is 0. The quantitative estimate of drug-likeness (QED) is 0.477. The van der Waals surface area contributed by atoms with E-state index >= 15 is 0 Å². The van der Waals surface area contributed by atoms with Crippen LogP contribution in [0, 0.1) is 0 Å². The van der Waals surface area contributed by atoms with Crippen molar-refractivity contribution in [3.8, 4) is 0 Å². The predicted molar refractivity (Wildman–Crippen MR) is 63.5 cm³/mol. The molecule has 1 aromatic rings. The Morgan fingerprint density at radius 3 is 2.75 bits per heavy atom. The van der Waals surface area contributed by atoms with Crippen LogP contribution in [0.25, 0.3) is 0 Å². The molecule has 4 atom stereocenters. The van der Waals surface area contributed by atoms with E-state index in [0.29, 0.717) is 4.57 Å². The topological polar surface area (TPSA) is 125 Å². The number of ether oxygens (including phenoxy) is 1. The van der Waals surface area contributed by atoms with Gasteiger partial charge in [-0.3, -0.25) is 14.3 Å². The van der Waals surface area contributed by atoms with E-state index in [-0.39, 0.29) is 0 Å². The summed E-state index contributed by atoms with van der Waals surface area (Å²) in [5.41, 5.74) is -4.03. The van der Waals surface area contributed by atoms with Crippen LogP contribution in [0.15, 0.2) is 34.5 Å². The van der Waals surface area contributed by atoms with Crippen LogP contribution in [0.2, 0.25) is 0 Å². The van der Waals surface area contributed by atoms with Gasteiger partial charge in [0.15, 0.2) is 17.9 Å². The van der Waals surface area contributed by atoms with E-state index in [4.69, 9.17) is 9.84 Å². The summed E-state index contributed by atoms with van der Waals surface area (Å²) in [4.78, 5) is 24.5. The van der Waals surface area contributed by atoms with Crippen LogP contribution in [0.4, 0.5) is 4.39 Å². The molecule has 0 saturated carbocycles. The van der Waals surface area contributed by atoms with E-state index in [0.717, 1.165) is 18.3 Å². The predicted octanol–water partition coefficient (Wildman–Crippen LogP) is -2.00. The van der Waals surface area contributed by atoms with Gasteiger partial charge in [-0.05, 0) is 0 Å². The third-order valence-electron chi connectivity index (χ3n) is 3.20. The Labute approximate surface area is 111 Å². The molecule has 0 spiro atoms. The van der Waals surface area contributed by atoms with Gasteiger partial charge in [-0.15, -0.1) is 0 Å². The minimum Gasteiger partial charge on any atom is -0.390 e. The highest BCUT2D eigenvalue weighted by atomic mass is 19.2. The minimum absolute atomic E-state index is 0.684. The second-order valence-corrected chi connectivity index (χ2v) is 4.43. The van der Waals surface area contributed by atoms with Crippen molar-refractivity contribution in [2.24, 2.45) is 0 Å². The third-order valence-corrected chi connectivity index (χ3v) is 3.20. The number of aliphatic hydroxyl groups is 3. The normalized spacial score (nSPS) is 37.0. The van der Waals surface area contributed by atoms with Crippen LogP contribution >= 0.6 is 0 Å². The molecule has 0 bridgehead atoms. The van der Waals surface area contributed by atoms with E-state index < -0.39 is 41.6 Å². The lowest BCUT2D eigenvalue weighted by Gasteiger charge is -2.28. The number of halogens is 1. The summed E-state index contributed by atoms with van der Waals surface area (Å²) in [5, 5.41) is 29.0. The molecule has 1 aromatic heterocycles. The van der Waals surface area contributed by atoms with Crippen molar-refractivity contribution in [1.29, 1.82) is 0 Å². The third kappa shape index (κ3) is 1.91. The molecule has 2 rings (SSSR count). The Balaban J connectivity index is 2.58. The monoisotopic (exact) mass is 288 g/mol. The molecule has 2 heterocycles. The molecule has 1 saturated heterocycles. The van der Waals surface area contributed by atoms with Crippen LogP contribution in [-0.2, 0) is 4.74 Å². The summed E-state index contributed by atoms with van der Waals surface area (Å²) in [6, 6.07) is 0.956. The van der Waals surface area contributed by atoms with Crippen molar-refractivity contribution in [2.75, 3.05) is 6.61 Å². The minimum atomic E-state index is -2.97. The first-order valence-corrected chi connectivity index (χ1v) is 5.61. The molecule has 8 nitrogen and oxygen atoms in total. The SMILES string of the molecule is C=CC1(O)C(n2ccc(=O)[nH]c2=O)OC(F)(CO)C1O. The summed E-state index contributed by atoms with van der Waals surface area (Å²) in [6.07, 6.45) is -2.09. The maximum absolute atomic E-state index is 14.1. The van der Waals surface area contributed by atoms with E-state index in [9.17, 15) is 24.2 Å². The zero-order valence-electron chi connectivity index (χ0n) is 10.2. The standard InChI is InChI=1S/C11H13FN2O6/c1-2-10(19)7(17)11(12,5-15)20-8(10)14-4-3-6(16)13-9(14)18/h2-4,7-8,15,17,19H,1,5H2,(H,13,16,18). The van der Waals surface area contributed by atoms with Crippen molar-refractivity contribution in [1.82, 2.24) is 9.55 Å². The highest BCUT2D eigenvalue weighted by Gasteiger charge is 2.63. The molecule has 1 fully saturated rings. The number of aromatic amines is 1. The number of hydrogen-bond donors (Lipinski definition) is 4. The number of aliphatic hydroxyl groups excluding tert-OH is 2. The highest BCUT2D eigenvalue weighted by Crippen LogP contribution is 2.45. The van der Waals surface area contributed by atoms with Crippen LogP contribution in [0.5, 0.6) is 0 Å². The number of H-pyrrole nitrogens is 1. The Morgan fingerprint density at radius 1 is 1.60 bits per heavy atom. The molecule has 1 aliphatic rings. The average molecular weight is 288 g/mol. The maximum atomic E-state index is 14.1. The largest absolute Gasteiger partial charge is 0.390 e. The first-order valence-electron chi connectivity index (χ1n) is 5.61. The lowest BCUT2D eigenvalue weighted by atomic mass is 9.93. The van der Waals surface area contributed by atoms with Crippen LogP contribution in [0.1, 0.15) is 6.23 Å². The molecule has 0 aromatic carbocycles. The second-order valence-electron chi connectivity index (χ2n) is 4.43. The number of nitrogens with one attached hydrogen (secondary N) is 1. The number of aromatic nitrogens is 2. The molecule has 20 heavy (non-hydrogen) atoms. The molecule has 0 aliphatic carbocycles. The van der Waals surface area contributed by atoms with Crippen molar-refractivity contribution >= 4 is 0 Å². The number of alkyl halides is 1. The molecule has 9 heteroatoms. The summed E-state index contributed by atoms with van der Waals surface area (Å²) < 4.78 is 19.6. The van der Waals surface area contributed by atoms with Crippen molar-refractivity contribution in [3.63, 3.8) is 0 Å². The second kappa shape index (κ2) is 4.63. The number of nitrogens with zero attached hydrogens (tertiary/aromatic N) is 1. The van der Waals surface area contributed by atoms with Crippen LogP contribution < -0.4 is 11.2 Å². The summed E-state index contributed by atoms with van der Waals surface area (Å²) in [6.45, 7) is 2.02. The highest BCUT2D eigenvalue weighted by molar-refractivity contribution is 5.14. The smallest absolute Gasteiger partial charge is 0.330 e. The van der Waals surface area contributed by atoms with Gasteiger partial charge in [0, 0.05) is 12.3 Å². The van der Waals surface area contributed by atoms with Gasteiger partial charge < -0.3 is 20.1 Å². The van der Waals surface area contributed by atoms with Crippen LogP contribution in [0.3, 0.4) is 0 Å². The van der Waals surface area contributed by atoms with Gasteiger partial charge in [0.1, 0.15) is 6.61 Å². The van der Waals surface area contributed by atoms with Crippen molar-refractivity contribution < 1.29 is 24.4 Å². The molecule has 4 N–H and O–H groups in total. The van der Waals surface area contributed by atoms with Gasteiger partial charge in [0.25, 0.3) is 11.4 Å². The molecular weight excluding hydrogens is 275 g/mol. The lowest BCUT2D eigenvalue weighted by Crippen LogP contribution is -2.50. The number of hydrogen-bond acceptors (Lipinski definition) is 6.